The minimum Gasteiger partial charge on any atom is -0.207 e. The summed E-state index contributed by atoms with van der Waals surface area (Å²) in [4.78, 5) is 4.81. The molecule has 0 N–H and O–H groups in total. The number of nitrogens with zero attached hydrogens (tertiary/aromatic N) is 5. The van der Waals surface area contributed by atoms with E-state index in [2.05, 4.69) is 26.1 Å². The van der Waals surface area contributed by atoms with Crippen molar-refractivity contribution in [3.05, 3.63) is 89.4 Å². The van der Waals surface area contributed by atoms with E-state index in [0.717, 1.165) is 32.6 Å². The van der Waals surface area contributed by atoms with Crippen molar-refractivity contribution in [3.63, 3.8) is 0 Å². The third-order valence-electron chi connectivity index (χ3n) is 4.44. The molecular formula is C22H14BrN5. The first-order valence-electron chi connectivity index (χ1n) is 8.80. The molecule has 0 radical (unpaired) electrons. The van der Waals surface area contributed by atoms with Crippen molar-refractivity contribution in [3.8, 4) is 33.9 Å². The van der Waals surface area contributed by atoms with Gasteiger partial charge in [0.25, 0.3) is 5.78 Å². The molecule has 0 bridgehead atoms. The van der Waals surface area contributed by atoms with Gasteiger partial charge in [0.15, 0.2) is 5.82 Å². The lowest BCUT2D eigenvalue weighted by Gasteiger charge is -2.09. The van der Waals surface area contributed by atoms with Gasteiger partial charge in [0, 0.05) is 21.2 Å². The predicted octanol–water partition coefficient (Wildman–Crippen LogP) is 5.28. The van der Waals surface area contributed by atoms with Gasteiger partial charge in [-0.1, -0.05) is 88.7 Å². The lowest BCUT2D eigenvalue weighted by molar-refractivity contribution is 0.916. The SMILES string of the molecule is Brc1cccc(-c2nnc3nc(-c4ccccc4)c(-c4ccccc4)nn23)c1. The fourth-order valence-corrected chi connectivity index (χ4v) is 3.53. The molecule has 5 nitrogen and oxygen atoms in total. The Morgan fingerprint density at radius 2 is 1.29 bits per heavy atom. The van der Waals surface area contributed by atoms with E-state index in [4.69, 9.17) is 10.1 Å². The van der Waals surface area contributed by atoms with Crippen LogP contribution in [0.25, 0.3) is 39.7 Å². The number of benzene rings is 3. The fourth-order valence-electron chi connectivity index (χ4n) is 3.13. The van der Waals surface area contributed by atoms with E-state index >= 15 is 0 Å². The van der Waals surface area contributed by atoms with Gasteiger partial charge in [-0.25, -0.2) is 4.98 Å². The molecule has 0 atom stereocenters. The third-order valence-corrected chi connectivity index (χ3v) is 4.93. The zero-order valence-corrected chi connectivity index (χ0v) is 16.3. The molecule has 2 heterocycles. The lowest BCUT2D eigenvalue weighted by Crippen LogP contribution is -2.03. The molecule has 134 valence electrons. The summed E-state index contributed by atoms with van der Waals surface area (Å²) >= 11 is 3.51. The van der Waals surface area contributed by atoms with Crippen LogP contribution in [0, 0.1) is 0 Å². The number of hydrogen-bond donors (Lipinski definition) is 0. The van der Waals surface area contributed by atoms with Crippen molar-refractivity contribution in [1.29, 1.82) is 0 Å². The fraction of sp³-hybridized carbons (Fsp3) is 0. The van der Waals surface area contributed by atoms with Gasteiger partial charge in [0.2, 0.25) is 0 Å². The zero-order valence-electron chi connectivity index (χ0n) is 14.7. The molecule has 2 aromatic heterocycles. The molecule has 28 heavy (non-hydrogen) atoms. The molecule has 6 heteroatoms. The van der Waals surface area contributed by atoms with E-state index in [1.807, 2.05) is 84.9 Å². The van der Waals surface area contributed by atoms with Gasteiger partial charge in [-0.05, 0) is 12.1 Å². The van der Waals surface area contributed by atoms with Crippen LogP contribution in [0.3, 0.4) is 0 Å². The van der Waals surface area contributed by atoms with Crippen LogP contribution in [0.1, 0.15) is 0 Å². The highest BCUT2D eigenvalue weighted by molar-refractivity contribution is 9.10. The molecule has 0 aliphatic rings. The quantitative estimate of drug-likeness (QED) is 0.392. The van der Waals surface area contributed by atoms with Crippen LogP contribution < -0.4 is 0 Å². The molecule has 0 spiro atoms. The topological polar surface area (TPSA) is 56.0 Å². The van der Waals surface area contributed by atoms with Crippen LogP contribution in [0.15, 0.2) is 89.4 Å². The van der Waals surface area contributed by atoms with Crippen LogP contribution in [0.2, 0.25) is 0 Å². The van der Waals surface area contributed by atoms with Crippen LogP contribution in [0.4, 0.5) is 0 Å². The van der Waals surface area contributed by atoms with Crippen molar-refractivity contribution < 1.29 is 0 Å². The summed E-state index contributed by atoms with van der Waals surface area (Å²) in [5, 5.41) is 13.5. The van der Waals surface area contributed by atoms with Crippen LogP contribution >= 0.6 is 15.9 Å². The van der Waals surface area contributed by atoms with Crippen molar-refractivity contribution in [1.82, 2.24) is 24.8 Å². The Bertz CT molecular complexity index is 1270. The Balaban J connectivity index is 1.79. The maximum absolute atomic E-state index is 4.90. The van der Waals surface area contributed by atoms with Crippen LogP contribution in [0.5, 0.6) is 0 Å². The van der Waals surface area contributed by atoms with E-state index in [0.29, 0.717) is 11.6 Å². The molecule has 0 saturated carbocycles. The zero-order chi connectivity index (χ0) is 18.9. The summed E-state index contributed by atoms with van der Waals surface area (Å²) < 4.78 is 2.68. The van der Waals surface area contributed by atoms with Gasteiger partial charge >= 0.3 is 0 Å². The first-order chi connectivity index (χ1) is 13.8. The monoisotopic (exact) mass is 427 g/mol. The molecule has 0 aliphatic carbocycles. The number of fused-ring (bicyclic) bond motifs is 1. The minimum atomic E-state index is 0.466. The molecule has 0 aliphatic heterocycles. The Hall–Kier alpha value is -3.38. The minimum absolute atomic E-state index is 0.466. The van der Waals surface area contributed by atoms with E-state index in [1.54, 1.807) is 4.52 Å². The second-order valence-electron chi connectivity index (χ2n) is 6.29. The number of halogens is 1. The van der Waals surface area contributed by atoms with Gasteiger partial charge in [0.05, 0.1) is 0 Å². The summed E-state index contributed by atoms with van der Waals surface area (Å²) in [5.74, 6) is 1.12. The largest absolute Gasteiger partial charge is 0.272 e. The van der Waals surface area contributed by atoms with Crippen LogP contribution in [-0.2, 0) is 0 Å². The van der Waals surface area contributed by atoms with Crippen molar-refractivity contribution in [2.45, 2.75) is 0 Å². The number of aromatic nitrogens is 5. The van der Waals surface area contributed by atoms with Gasteiger partial charge in [-0.3, -0.25) is 0 Å². The Morgan fingerprint density at radius 1 is 0.643 bits per heavy atom. The van der Waals surface area contributed by atoms with Crippen molar-refractivity contribution in [2.75, 3.05) is 0 Å². The second-order valence-corrected chi connectivity index (χ2v) is 7.20. The Labute approximate surface area is 169 Å². The molecule has 0 amide bonds. The van der Waals surface area contributed by atoms with Gasteiger partial charge < -0.3 is 0 Å². The number of rotatable bonds is 3. The molecule has 5 aromatic rings. The molecule has 0 unspecified atom stereocenters. The Morgan fingerprint density at radius 3 is 1.96 bits per heavy atom. The summed E-state index contributed by atoms with van der Waals surface area (Å²) in [6.07, 6.45) is 0. The summed E-state index contributed by atoms with van der Waals surface area (Å²) in [7, 11) is 0. The highest BCUT2D eigenvalue weighted by Crippen LogP contribution is 2.30. The van der Waals surface area contributed by atoms with Crippen molar-refractivity contribution in [2.24, 2.45) is 0 Å². The van der Waals surface area contributed by atoms with E-state index in [-0.39, 0.29) is 0 Å². The van der Waals surface area contributed by atoms with E-state index < -0.39 is 0 Å². The molecule has 5 rings (SSSR count). The summed E-state index contributed by atoms with van der Waals surface area (Å²) in [6.45, 7) is 0. The highest BCUT2D eigenvalue weighted by Gasteiger charge is 2.17. The average Bonchev–Trinajstić information content (AvgIpc) is 3.17. The highest BCUT2D eigenvalue weighted by atomic mass is 79.9. The average molecular weight is 428 g/mol. The van der Waals surface area contributed by atoms with E-state index in [9.17, 15) is 0 Å². The Kier molecular flexibility index (Phi) is 4.18. The van der Waals surface area contributed by atoms with Gasteiger partial charge in [0.1, 0.15) is 11.4 Å². The standard InChI is InChI=1S/C22H14BrN5/c23-18-13-7-12-17(14-18)21-25-26-22-24-19(15-8-3-1-4-9-15)20(27-28(21)22)16-10-5-2-6-11-16/h1-14H. The predicted molar refractivity (Wildman–Crippen MR) is 113 cm³/mol. The van der Waals surface area contributed by atoms with Gasteiger partial charge in [-0.2, -0.15) is 9.61 Å². The maximum atomic E-state index is 4.90. The maximum Gasteiger partial charge on any atom is 0.272 e. The molecular weight excluding hydrogens is 414 g/mol. The third kappa shape index (κ3) is 2.97. The van der Waals surface area contributed by atoms with E-state index in [1.165, 1.54) is 0 Å². The lowest BCUT2D eigenvalue weighted by atomic mass is 10.0. The van der Waals surface area contributed by atoms with Gasteiger partial charge in [-0.15, -0.1) is 10.2 Å². The van der Waals surface area contributed by atoms with Crippen molar-refractivity contribution >= 4 is 21.7 Å². The first kappa shape index (κ1) is 16.8. The number of hydrogen-bond acceptors (Lipinski definition) is 4. The summed E-state index contributed by atoms with van der Waals surface area (Å²) in [5.41, 5.74) is 4.47. The smallest absolute Gasteiger partial charge is 0.207 e. The molecule has 0 fully saturated rings. The summed E-state index contributed by atoms with van der Waals surface area (Å²) in [6, 6.07) is 28.0. The first-order valence-corrected chi connectivity index (χ1v) is 9.59. The molecule has 0 saturated heterocycles. The van der Waals surface area contributed by atoms with Crippen LogP contribution in [-0.4, -0.2) is 24.8 Å². The molecule has 3 aromatic carbocycles. The second kappa shape index (κ2) is 6.98. The normalized spacial score (nSPS) is 11.0.